The van der Waals surface area contributed by atoms with Crippen molar-refractivity contribution in [1.82, 2.24) is 0 Å². The molecule has 0 saturated heterocycles. The zero-order valence-electron chi connectivity index (χ0n) is 12.7. The first-order valence-electron chi connectivity index (χ1n) is 7.03. The van der Waals surface area contributed by atoms with Crippen molar-refractivity contribution in [3.63, 3.8) is 0 Å². The third kappa shape index (κ3) is 2.58. The minimum Gasteiger partial charge on any atom is -0.497 e. The molecule has 0 atom stereocenters. The monoisotopic (exact) mass is 312 g/mol. The van der Waals surface area contributed by atoms with Gasteiger partial charge in [0.05, 0.1) is 12.8 Å². The normalized spacial score (nSPS) is 16.4. The lowest BCUT2D eigenvalue weighted by Gasteiger charge is -2.17. The summed E-state index contributed by atoms with van der Waals surface area (Å²) in [5.74, 6) is -2.96. The van der Waals surface area contributed by atoms with E-state index in [1.165, 1.54) is 7.11 Å². The lowest BCUT2D eigenvalue weighted by atomic mass is 10.0. The number of ether oxygens (including phenoxy) is 1. The molecule has 3 rings (SSSR count). The topological polar surface area (TPSA) is 82.4 Å². The van der Waals surface area contributed by atoms with Gasteiger partial charge in [0.1, 0.15) is 11.5 Å². The summed E-state index contributed by atoms with van der Waals surface area (Å²) in [5, 5.41) is 25.5. The second kappa shape index (κ2) is 5.49. The Labute approximate surface area is 133 Å². The van der Waals surface area contributed by atoms with E-state index in [2.05, 4.69) is 5.10 Å². The van der Waals surface area contributed by atoms with E-state index in [-0.39, 0.29) is 5.71 Å². The van der Waals surface area contributed by atoms with E-state index in [0.29, 0.717) is 17.0 Å². The van der Waals surface area contributed by atoms with Gasteiger partial charge in [-0.05, 0) is 43.3 Å². The minimum atomic E-state index is -2.67. The number of carbonyl (C=O) groups excluding carboxylic acids is 1. The molecule has 0 radical (unpaired) electrons. The number of aliphatic hydroxyl groups is 2. The molecule has 23 heavy (non-hydrogen) atoms. The van der Waals surface area contributed by atoms with E-state index >= 15 is 0 Å². The van der Waals surface area contributed by atoms with Crippen molar-refractivity contribution in [1.29, 1.82) is 0 Å². The van der Waals surface area contributed by atoms with Crippen LogP contribution >= 0.6 is 0 Å². The van der Waals surface area contributed by atoms with E-state index in [4.69, 9.17) is 4.74 Å². The summed E-state index contributed by atoms with van der Waals surface area (Å²) in [5.41, 5.74) is 1.81. The summed E-state index contributed by atoms with van der Waals surface area (Å²) in [4.78, 5) is 12.3. The molecule has 2 aromatic rings. The van der Waals surface area contributed by atoms with Gasteiger partial charge in [-0.15, -0.1) is 0 Å². The molecule has 0 aromatic heterocycles. The van der Waals surface area contributed by atoms with E-state index < -0.39 is 11.7 Å². The molecule has 1 aliphatic heterocycles. The summed E-state index contributed by atoms with van der Waals surface area (Å²) in [6, 6.07) is 13.6. The fraction of sp³-hybridized carbons (Fsp3) is 0.176. The van der Waals surface area contributed by atoms with Crippen LogP contribution in [0.25, 0.3) is 0 Å². The van der Waals surface area contributed by atoms with E-state index in [1.807, 2.05) is 19.1 Å². The second-order valence-electron chi connectivity index (χ2n) is 5.30. The van der Waals surface area contributed by atoms with E-state index in [9.17, 15) is 15.0 Å². The van der Waals surface area contributed by atoms with Gasteiger partial charge in [-0.1, -0.05) is 17.7 Å². The maximum Gasteiger partial charge on any atom is 0.314 e. The lowest BCUT2D eigenvalue weighted by molar-refractivity contribution is -0.155. The maximum atomic E-state index is 12.3. The molecule has 6 heteroatoms. The van der Waals surface area contributed by atoms with Gasteiger partial charge in [0, 0.05) is 5.56 Å². The quantitative estimate of drug-likeness (QED) is 0.840. The van der Waals surface area contributed by atoms with Crippen molar-refractivity contribution >= 4 is 17.3 Å². The van der Waals surface area contributed by atoms with Crippen molar-refractivity contribution in [2.45, 2.75) is 12.7 Å². The molecule has 0 saturated carbocycles. The Morgan fingerprint density at radius 2 is 1.65 bits per heavy atom. The van der Waals surface area contributed by atoms with Crippen LogP contribution in [-0.4, -0.2) is 34.7 Å². The first-order valence-corrected chi connectivity index (χ1v) is 7.03. The van der Waals surface area contributed by atoms with Gasteiger partial charge in [0.25, 0.3) is 5.79 Å². The predicted octanol–water partition coefficient (Wildman–Crippen LogP) is 1.44. The van der Waals surface area contributed by atoms with Crippen LogP contribution in [0, 0.1) is 6.92 Å². The van der Waals surface area contributed by atoms with Crippen LogP contribution in [0.15, 0.2) is 53.6 Å². The fourth-order valence-electron chi connectivity index (χ4n) is 2.33. The van der Waals surface area contributed by atoms with Crippen LogP contribution < -0.4 is 9.75 Å². The number of rotatable bonds is 3. The van der Waals surface area contributed by atoms with Gasteiger partial charge in [-0.25, -0.2) is 0 Å². The number of anilines is 1. The fourth-order valence-corrected chi connectivity index (χ4v) is 2.33. The molecule has 2 N–H and O–H groups in total. The highest BCUT2D eigenvalue weighted by Crippen LogP contribution is 2.28. The first-order chi connectivity index (χ1) is 10.9. The van der Waals surface area contributed by atoms with Crippen LogP contribution in [-0.2, 0) is 4.79 Å². The molecular formula is C17H16N2O4. The lowest BCUT2D eigenvalue weighted by Crippen LogP contribution is -2.46. The Morgan fingerprint density at radius 3 is 2.22 bits per heavy atom. The number of hydrogen-bond donors (Lipinski definition) is 2. The van der Waals surface area contributed by atoms with Crippen LogP contribution in [0.4, 0.5) is 5.69 Å². The van der Waals surface area contributed by atoms with Crippen LogP contribution in [0.1, 0.15) is 11.1 Å². The largest absolute Gasteiger partial charge is 0.497 e. The Balaban J connectivity index is 2.02. The number of benzene rings is 2. The van der Waals surface area contributed by atoms with Crippen LogP contribution in [0.3, 0.4) is 0 Å². The zero-order valence-corrected chi connectivity index (χ0v) is 12.7. The van der Waals surface area contributed by atoms with Gasteiger partial charge in [-0.2, -0.15) is 10.1 Å². The molecule has 1 amide bonds. The predicted molar refractivity (Wildman–Crippen MR) is 85.4 cm³/mol. The Morgan fingerprint density at radius 1 is 1.04 bits per heavy atom. The molecule has 118 valence electrons. The van der Waals surface area contributed by atoms with Crippen molar-refractivity contribution in [2.75, 3.05) is 12.1 Å². The highest BCUT2D eigenvalue weighted by molar-refractivity contribution is 6.26. The molecule has 0 fully saturated rings. The second-order valence-corrected chi connectivity index (χ2v) is 5.30. The van der Waals surface area contributed by atoms with Crippen LogP contribution in [0.2, 0.25) is 0 Å². The van der Waals surface area contributed by atoms with Gasteiger partial charge < -0.3 is 14.9 Å². The Kier molecular flexibility index (Phi) is 3.63. The summed E-state index contributed by atoms with van der Waals surface area (Å²) in [7, 11) is 1.53. The number of hydrogen-bond acceptors (Lipinski definition) is 5. The van der Waals surface area contributed by atoms with Crippen molar-refractivity contribution < 1.29 is 19.7 Å². The minimum absolute atomic E-state index is 0.120. The summed E-state index contributed by atoms with van der Waals surface area (Å²) < 4.78 is 5.06. The molecule has 1 heterocycles. The standard InChI is InChI=1S/C17H16N2O4/c1-11-3-7-13(8-4-11)19-16(20)17(21,22)15(18-19)12-5-9-14(23-2)10-6-12/h3-10,21-22H,1-2H3. The third-order valence-corrected chi connectivity index (χ3v) is 3.66. The molecule has 0 bridgehead atoms. The van der Waals surface area contributed by atoms with Crippen molar-refractivity contribution in [3.05, 3.63) is 59.7 Å². The highest BCUT2D eigenvalue weighted by Gasteiger charge is 2.49. The van der Waals surface area contributed by atoms with Gasteiger partial charge in [0.2, 0.25) is 0 Å². The summed E-state index contributed by atoms with van der Waals surface area (Å²) >= 11 is 0. The van der Waals surface area contributed by atoms with Gasteiger partial charge in [-0.3, -0.25) is 4.79 Å². The maximum absolute atomic E-state index is 12.3. The molecule has 0 spiro atoms. The SMILES string of the molecule is COc1ccc(C2=NN(c3ccc(C)cc3)C(=O)C2(O)O)cc1. The third-order valence-electron chi connectivity index (χ3n) is 3.66. The van der Waals surface area contributed by atoms with Crippen LogP contribution in [0.5, 0.6) is 5.75 Å². The number of nitrogens with zero attached hydrogens (tertiary/aromatic N) is 2. The molecule has 6 nitrogen and oxygen atoms in total. The summed E-state index contributed by atoms with van der Waals surface area (Å²) in [6.45, 7) is 1.92. The van der Waals surface area contributed by atoms with Crippen molar-refractivity contribution in [2.24, 2.45) is 5.10 Å². The molecule has 0 aliphatic carbocycles. The average Bonchev–Trinajstić information content (AvgIpc) is 2.79. The number of aryl methyl sites for hydroxylation is 1. The van der Waals surface area contributed by atoms with Gasteiger partial charge >= 0.3 is 5.91 Å². The molecule has 2 aromatic carbocycles. The zero-order chi connectivity index (χ0) is 16.6. The highest BCUT2D eigenvalue weighted by atomic mass is 16.5. The summed E-state index contributed by atoms with van der Waals surface area (Å²) in [6.07, 6.45) is 0. The number of hydrazone groups is 1. The molecule has 0 unspecified atom stereocenters. The smallest absolute Gasteiger partial charge is 0.314 e. The average molecular weight is 312 g/mol. The number of carbonyl (C=O) groups is 1. The Hall–Kier alpha value is -2.70. The Bertz CT molecular complexity index is 764. The van der Waals surface area contributed by atoms with Gasteiger partial charge in [0.15, 0.2) is 0 Å². The van der Waals surface area contributed by atoms with E-state index in [1.54, 1.807) is 36.4 Å². The number of amides is 1. The molecular weight excluding hydrogens is 296 g/mol. The number of methoxy groups -OCH3 is 1. The molecule has 1 aliphatic rings. The first kappa shape index (κ1) is 15.2. The van der Waals surface area contributed by atoms with E-state index in [0.717, 1.165) is 10.6 Å². The van der Waals surface area contributed by atoms with Crippen molar-refractivity contribution in [3.8, 4) is 5.75 Å².